The number of nitrogens with one attached hydrogen (secondary N) is 1. The van der Waals surface area contributed by atoms with Gasteiger partial charge in [-0.2, -0.15) is 0 Å². The fraction of sp³-hybridized carbons (Fsp3) is 1.00. The molecule has 102 valence electrons. The first-order valence-electron chi connectivity index (χ1n) is 7.31. The van der Waals surface area contributed by atoms with E-state index >= 15 is 0 Å². The van der Waals surface area contributed by atoms with Crippen LogP contribution in [0, 0.1) is 0 Å². The predicted molar refractivity (Wildman–Crippen MR) is 73.5 cm³/mol. The number of likely N-dealkylation sites (N-methyl/N-ethyl adjacent to an activating group) is 1. The highest BCUT2D eigenvalue weighted by Gasteiger charge is 2.25. The zero-order chi connectivity index (χ0) is 12.5. The van der Waals surface area contributed by atoms with Crippen LogP contribution in [0.25, 0.3) is 0 Å². The third-order valence-corrected chi connectivity index (χ3v) is 3.52. The molecule has 0 saturated carbocycles. The van der Waals surface area contributed by atoms with Crippen molar-refractivity contribution in [2.45, 2.75) is 58.1 Å². The zero-order valence-electron chi connectivity index (χ0n) is 11.9. The van der Waals surface area contributed by atoms with Gasteiger partial charge in [0.05, 0.1) is 12.7 Å². The van der Waals surface area contributed by atoms with Crippen molar-refractivity contribution in [1.82, 2.24) is 10.2 Å². The molecule has 1 rings (SSSR count). The van der Waals surface area contributed by atoms with Gasteiger partial charge in [0.25, 0.3) is 0 Å². The Morgan fingerprint density at radius 1 is 1.29 bits per heavy atom. The Balaban J connectivity index is 2.36. The van der Waals surface area contributed by atoms with E-state index < -0.39 is 0 Å². The largest absolute Gasteiger partial charge is 0.374 e. The number of morpholine rings is 1. The first-order valence-corrected chi connectivity index (χ1v) is 7.31. The summed E-state index contributed by atoms with van der Waals surface area (Å²) >= 11 is 0. The molecule has 0 aromatic rings. The van der Waals surface area contributed by atoms with Gasteiger partial charge in [0.15, 0.2) is 0 Å². The number of hydrogen-bond acceptors (Lipinski definition) is 3. The van der Waals surface area contributed by atoms with Crippen molar-refractivity contribution in [3.05, 3.63) is 0 Å². The molecule has 2 unspecified atom stereocenters. The molecule has 0 aromatic carbocycles. The second kappa shape index (κ2) is 8.90. The highest BCUT2D eigenvalue weighted by atomic mass is 16.5. The van der Waals surface area contributed by atoms with Crippen LogP contribution in [0.5, 0.6) is 0 Å². The number of unbranched alkanes of at least 4 members (excludes halogenated alkanes) is 2. The van der Waals surface area contributed by atoms with Gasteiger partial charge in [-0.25, -0.2) is 0 Å². The fourth-order valence-electron chi connectivity index (χ4n) is 2.42. The molecule has 3 nitrogen and oxygen atoms in total. The van der Waals surface area contributed by atoms with Crippen molar-refractivity contribution in [3.63, 3.8) is 0 Å². The summed E-state index contributed by atoms with van der Waals surface area (Å²) < 4.78 is 5.93. The molecule has 1 aliphatic heterocycles. The minimum absolute atomic E-state index is 0.386. The molecule has 1 N–H and O–H groups in total. The van der Waals surface area contributed by atoms with Crippen molar-refractivity contribution in [3.8, 4) is 0 Å². The standard InChI is InChI=1S/C14H30N2O/c1-4-6-7-8-13(15-9-5-2)14-12-16(3)10-11-17-14/h13-15H,4-12H2,1-3H3. The van der Waals surface area contributed by atoms with Gasteiger partial charge in [-0.15, -0.1) is 0 Å². The normalized spacial score (nSPS) is 23.8. The van der Waals surface area contributed by atoms with Gasteiger partial charge >= 0.3 is 0 Å². The molecule has 0 aromatic heterocycles. The third-order valence-electron chi connectivity index (χ3n) is 3.52. The highest BCUT2D eigenvalue weighted by molar-refractivity contribution is 4.82. The number of nitrogens with zero attached hydrogens (tertiary/aromatic N) is 1. The van der Waals surface area contributed by atoms with Crippen LogP contribution in [-0.4, -0.2) is 50.3 Å². The van der Waals surface area contributed by atoms with Gasteiger partial charge in [0.2, 0.25) is 0 Å². The van der Waals surface area contributed by atoms with E-state index in [0.29, 0.717) is 12.1 Å². The molecule has 1 heterocycles. The fourth-order valence-corrected chi connectivity index (χ4v) is 2.42. The van der Waals surface area contributed by atoms with Crippen LogP contribution in [0.4, 0.5) is 0 Å². The predicted octanol–water partition coefficient (Wildman–Crippen LogP) is 2.27. The molecule has 3 heteroatoms. The minimum Gasteiger partial charge on any atom is -0.374 e. The van der Waals surface area contributed by atoms with Crippen molar-refractivity contribution in [2.24, 2.45) is 0 Å². The molecule has 0 aliphatic carbocycles. The maximum atomic E-state index is 5.93. The average Bonchev–Trinajstić information content (AvgIpc) is 2.33. The second-order valence-electron chi connectivity index (χ2n) is 5.23. The molecule has 0 amide bonds. The maximum Gasteiger partial charge on any atom is 0.0855 e. The summed E-state index contributed by atoms with van der Waals surface area (Å²) in [4.78, 5) is 2.38. The van der Waals surface area contributed by atoms with Gasteiger partial charge in [-0.1, -0.05) is 33.1 Å². The van der Waals surface area contributed by atoms with Crippen LogP contribution < -0.4 is 5.32 Å². The summed E-state index contributed by atoms with van der Waals surface area (Å²) in [6, 6.07) is 0.546. The first-order chi connectivity index (χ1) is 8.27. The summed E-state index contributed by atoms with van der Waals surface area (Å²) in [6.45, 7) is 8.64. The van der Waals surface area contributed by atoms with E-state index in [4.69, 9.17) is 4.74 Å². The summed E-state index contributed by atoms with van der Waals surface area (Å²) in [5.74, 6) is 0. The Morgan fingerprint density at radius 3 is 2.76 bits per heavy atom. The van der Waals surface area contributed by atoms with E-state index in [1.165, 1.54) is 32.1 Å². The van der Waals surface area contributed by atoms with Crippen LogP contribution in [0.2, 0.25) is 0 Å². The molecule has 2 atom stereocenters. The summed E-state index contributed by atoms with van der Waals surface area (Å²) in [6.07, 6.45) is 6.80. The van der Waals surface area contributed by atoms with Crippen molar-refractivity contribution in [1.29, 1.82) is 0 Å². The van der Waals surface area contributed by atoms with Crippen LogP contribution in [-0.2, 0) is 4.74 Å². The summed E-state index contributed by atoms with van der Waals surface area (Å²) in [7, 11) is 2.19. The molecular weight excluding hydrogens is 212 g/mol. The number of rotatable bonds is 8. The van der Waals surface area contributed by atoms with E-state index in [1.54, 1.807) is 0 Å². The van der Waals surface area contributed by atoms with E-state index in [9.17, 15) is 0 Å². The van der Waals surface area contributed by atoms with Gasteiger partial charge in [0.1, 0.15) is 0 Å². The van der Waals surface area contributed by atoms with Crippen LogP contribution in [0.15, 0.2) is 0 Å². The lowest BCUT2D eigenvalue weighted by Gasteiger charge is -2.35. The quantitative estimate of drug-likeness (QED) is 0.661. The Morgan fingerprint density at radius 2 is 2.12 bits per heavy atom. The molecule has 0 radical (unpaired) electrons. The monoisotopic (exact) mass is 242 g/mol. The van der Waals surface area contributed by atoms with Crippen molar-refractivity contribution < 1.29 is 4.74 Å². The summed E-state index contributed by atoms with van der Waals surface area (Å²) in [5, 5.41) is 3.67. The topological polar surface area (TPSA) is 24.5 Å². The molecule has 0 spiro atoms. The van der Waals surface area contributed by atoms with Crippen LogP contribution >= 0.6 is 0 Å². The SMILES string of the molecule is CCCCCC(NCCC)C1CN(C)CCO1. The molecule has 1 aliphatic rings. The zero-order valence-corrected chi connectivity index (χ0v) is 11.9. The van der Waals surface area contributed by atoms with Crippen molar-refractivity contribution >= 4 is 0 Å². The third kappa shape index (κ3) is 5.84. The number of ether oxygens (including phenoxy) is 1. The van der Waals surface area contributed by atoms with Gasteiger partial charge in [-0.3, -0.25) is 0 Å². The van der Waals surface area contributed by atoms with E-state index in [1.807, 2.05) is 0 Å². The van der Waals surface area contributed by atoms with E-state index in [-0.39, 0.29) is 0 Å². The molecule has 0 bridgehead atoms. The average molecular weight is 242 g/mol. The lowest BCUT2D eigenvalue weighted by atomic mass is 10.0. The molecule has 17 heavy (non-hydrogen) atoms. The Labute approximate surface area is 107 Å². The minimum atomic E-state index is 0.386. The maximum absolute atomic E-state index is 5.93. The lowest BCUT2D eigenvalue weighted by molar-refractivity contribution is -0.0402. The van der Waals surface area contributed by atoms with E-state index in [0.717, 1.165) is 26.2 Å². The Bertz CT molecular complexity index is 187. The molecule has 1 saturated heterocycles. The first kappa shape index (κ1) is 14.9. The smallest absolute Gasteiger partial charge is 0.0855 e. The lowest BCUT2D eigenvalue weighted by Crippen LogP contribution is -2.51. The second-order valence-corrected chi connectivity index (χ2v) is 5.23. The molecular formula is C14H30N2O. The Kier molecular flexibility index (Phi) is 7.82. The Hall–Kier alpha value is -0.120. The van der Waals surface area contributed by atoms with Crippen molar-refractivity contribution in [2.75, 3.05) is 33.3 Å². The molecule has 1 fully saturated rings. The summed E-state index contributed by atoms with van der Waals surface area (Å²) in [5.41, 5.74) is 0. The number of hydrogen-bond donors (Lipinski definition) is 1. The van der Waals surface area contributed by atoms with Gasteiger partial charge in [-0.05, 0) is 26.4 Å². The highest BCUT2D eigenvalue weighted by Crippen LogP contribution is 2.13. The van der Waals surface area contributed by atoms with Crippen LogP contribution in [0.1, 0.15) is 46.0 Å². The van der Waals surface area contributed by atoms with Gasteiger partial charge in [0, 0.05) is 19.1 Å². The van der Waals surface area contributed by atoms with Gasteiger partial charge < -0.3 is 15.0 Å². The van der Waals surface area contributed by atoms with Crippen LogP contribution in [0.3, 0.4) is 0 Å². The van der Waals surface area contributed by atoms with E-state index in [2.05, 4.69) is 31.1 Å².